The minimum atomic E-state index is -0.542. The number of carbonyl (C=O) groups is 2. The van der Waals surface area contributed by atoms with Crippen LogP contribution in [0.15, 0.2) is 30.3 Å². The fourth-order valence-electron chi connectivity index (χ4n) is 2.33. The van der Waals surface area contributed by atoms with Crippen molar-refractivity contribution in [3.8, 4) is 0 Å². The summed E-state index contributed by atoms with van der Waals surface area (Å²) in [6, 6.07) is 9.36. The third-order valence-corrected chi connectivity index (χ3v) is 3.25. The number of hydrogen-bond acceptors (Lipinski definition) is 3. The van der Waals surface area contributed by atoms with E-state index in [1.807, 2.05) is 51.1 Å². The Labute approximate surface area is 119 Å². The molecule has 1 aromatic carbocycles. The van der Waals surface area contributed by atoms with Crippen molar-refractivity contribution >= 4 is 11.9 Å². The van der Waals surface area contributed by atoms with Gasteiger partial charge in [-0.15, -0.1) is 0 Å². The summed E-state index contributed by atoms with van der Waals surface area (Å²) in [6.07, 6.45) is 0.569. The molecule has 2 rings (SSSR count). The van der Waals surface area contributed by atoms with E-state index < -0.39 is 17.7 Å². The van der Waals surface area contributed by atoms with Crippen molar-refractivity contribution in [3.05, 3.63) is 35.9 Å². The van der Waals surface area contributed by atoms with Crippen LogP contribution in [0.1, 0.15) is 32.8 Å². The Hall–Kier alpha value is -1.84. The Bertz CT molecular complexity index is 490. The van der Waals surface area contributed by atoms with Gasteiger partial charge in [-0.2, -0.15) is 0 Å². The van der Waals surface area contributed by atoms with Gasteiger partial charge in [-0.1, -0.05) is 30.3 Å². The summed E-state index contributed by atoms with van der Waals surface area (Å²) in [6.45, 7) is 5.93. The molecule has 0 unspecified atom stereocenters. The number of carbonyl (C=O) groups excluding carboxylic acids is 2. The zero-order valence-electron chi connectivity index (χ0n) is 12.3. The second-order valence-electron chi connectivity index (χ2n) is 6.10. The number of Topliss-reactive ketones (excluding diaryl/α,β-unsaturated/α-hetero) is 1. The van der Waals surface area contributed by atoms with E-state index in [1.165, 1.54) is 0 Å². The molecule has 1 fully saturated rings. The monoisotopic (exact) mass is 275 g/mol. The van der Waals surface area contributed by atoms with Gasteiger partial charge in [-0.3, -0.25) is 9.69 Å². The maximum atomic E-state index is 12.2. The van der Waals surface area contributed by atoms with Gasteiger partial charge in [0.15, 0.2) is 5.78 Å². The van der Waals surface area contributed by atoms with Gasteiger partial charge in [-0.25, -0.2) is 4.79 Å². The zero-order chi connectivity index (χ0) is 14.8. The molecule has 1 aliphatic heterocycles. The number of nitrogens with zero attached hydrogens (tertiary/aromatic N) is 1. The van der Waals surface area contributed by atoms with E-state index in [9.17, 15) is 9.59 Å². The van der Waals surface area contributed by atoms with Crippen LogP contribution in [0.3, 0.4) is 0 Å². The van der Waals surface area contributed by atoms with E-state index in [0.29, 0.717) is 19.4 Å². The van der Waals surface area contributed by atoms with Gasteiger partial charge in [0.1, 0.15) is 5.60 Å². The van der Waals surface area contributed by atoms with Crippen molar-refractivity contribution in [2.45, 2.75) is 45.3 Å². The topological polar surface area (TPSA) is 46.6 Å². The van der Waals surface area contributed by atoms with Crippen LogP contribution in [-0.2, 0) is 16.0 Å². The Kier molecular flexibility index (Phi) is 4.12. The summed E-state index contributed by atoms with van der Waals surface area (Å²) < 4.78 is 5.37. The molecule has 1 heterocycles. The molecular formula is C16H21NO3. The highest BCUT2D eigenvalue weighted by molar-refractivity contribution is 5.91. The zero-order valence-corrected chi connectivity index (χ0v) is 12.3. The number of ether oxygens (including phenoxy) is 1. The number of benzene rings is 1. The van der Waals surface area contributed by atoms with Gasteiger partial charge in [0.05, 0.1) is 6.04 Å². The summed E-state index contributed by atoms with van der Waals surface area (Å²) in [7, 11) is 0. The second-order valence-corrected chi connectivity index (χ2v) is 6.10. The van der Waals surface area contributed by atoms with Crippen molar-refractivity contribution in [1.29, 1.82) is 0 Å². The van der Waals surface area contributed by atoms with Crippen molar-refractivity contribution in [2.24, 2.45) is 0 Å². The number of rotatable bonds is 2. The largest absolute Gasteiger partial charge is 0.444 e. The molecule has 1 amide bonds. The molecule has 0 bridgehead atoms. The molecule has 4 heteroatoms. The quantitative estimate of drug-likeness (QED) is 0.833. The average Bonchev–Trinajstić information content (AvgIpc) is 2.70. The van der Waals surface area contributed by atoms with E-state index in [1.54, 1.807) is 4.90 Å². The molecule has 1 aromatic rings. The van der Waals surface area contributed by atoms with Crippen LogP contribution < -0.4 is 0 Å². The first-order valence-electron chi connectivity index (χ1n) is 6.93. The lowest BCUT2D eigenvalue weighted by Gasteiger charge is -2.27. The third-order valence-electron chi connectivity index (χ3n) is 3.25. The van der Waals surface area contributed by atoms with Crippen LogP contribution in [-0.4, -0.2) is 35.0 Å². The Balaban J connectivity index is 2.09. The highest BCUT2D eigenvalue weighted by Gasteiger charge is 2.37. The van der Waals surface area contributed by atoms with Gasteiger partial charge in [0.25, 0.3) is 0 Å². The van der Waals surface area contributed by atoms with E-state index in [2.05, 4.69) is 0 Å². The van der Waals surface area contributed by atoms with Crippen LogP contribution in [0.4, 0.5) is 4.79 Å². The fourth-order valence-corrected chi connectivity index (χ4v) is 2.33. The van der Waals surface area contributed by atoms with Crippen molar-refractivity contribution in [1.82, 2.24) is 4.90 Å². The molecule has 0 radical (unpaired) electrons. The lowest BCUT2D eigenvalue weighted by Crippen LogP contribution is -2.42. The first kappa shape index (κ1) is 14.6. The molecule has 0 N–H and O–H groups in total. The number of amides is 1. The molecule has 1 atom stereocenters. The Morgan fingerprint density at radius 3 is 2.55 bits per heavy atom. The molecule has 0 saturated carbocycles. The molecular weight excluding hydrogens is 254 g/mol. The standard InChI is InChI=1S/C16H21NO3/c1-16(2,3)20-15(19)17-10-9-14(18)13(17)11-12-7-5-4-6-8-12/h4-8,13H,9-11H2,1-3H3/t13-/m1/s1. The molecule has 108 valence electrons. The summed E-state index contributed by atoms with van der Waals surface area (Å²) in [5, 5.41) is 0. The van der Waals surface area contributed by atoms with Crippen molar-refractivity contribution in [3.63, 3.8) is 0 Å². The predicted molar refractivity (Wildman–Crippen MR) is 76.5 cm³/mol. The molecule has 1 aliphatic rings. The smallest absolute Gasteiger partial charge is 0.410 e. The average molecular weight is 275 g/mol. The van der Waals surface area contributed by atoms with Gasteiger partial charge < -0.3 is 4.74 Å². The van der Waals surface area contributed by atoms with Gasteiger partial charge in [0, 0.05) is 19.4 Å². The first-order chi connectivity index (χ1) is 9.37. The lowest BCUT2D eigenvalue weighted by atomic mass is 10.0. The highest BCUT2D eigenvalue weighted by Crippen LogP contribution is 2.21. The number of likely N-dealkylation sites (tertiary alicyclic amines) is 1. The van der Waals surface area contributed by atoms with Gasteiger partial charge in [0.2, 0.25) is 0 Å². The van der Waals surface area contributed by atoms with Gasteiger partial charge in [-0.05, 0) is 26.3 Å². The molecule has 20 heavy (non-hydrogen) atoms. The lowest BCUT2D eigenvalue weighted by molar-refractivity contribution is -0.119. The van der Waals surface area contributed by atoms with Crippen LogP contribution in [0.25, 0.3) is 0 Å². The summed E-state index contributed by atoms with van der Waals surface area (Å²) in [5.74, 6) is 0.111. The minimum absolute atomic E-state index is 0.111. The van der Waals surface area contributed by atoms with Gasteiger partial charge >= 0.3 is 6.09 Å². The molecule has 0 aliphatic carbocycles. The van der Waals surface area contributed by atoms with E-state index in [4.69, 9.17) is 4.74 Å². The maximum Gasteiger partial charge on any atom is 0.410 e. The predicted octanol–water partition coefficient (Wildman–Crippen LogP) is 2.81. The van der Waals surface area contributed by atoms with Crippen molar-refractivity contribution in [2.75, 3.05) is 6.54 Å². The second kappa shape index (κ2) is 5.65. The summed E-state index contributed by atoms with van der Waals surface area (Å²) in [5.41, 5.74) is 0.515. The highest BCUT2D eigenvalue weighted by atomic mass is 16.6. The summed E-state index contributed by atoms with van der Waals surface area (Å²) >= 11 is 0. The SMILES string of the molecule is CC(C)(C)OC(=O)N1CCC(=O)[C@H]1Cc1ccccc1. The molecule has 4 nitrogen and oxygen atoms in total. The van der Waals surface area contributed by atoms with E-state index in [0.717, 1.165) is 5.56 Å². The molecule has 0 spiro atoms. The van der Waals surface area contributed by atoms with Crippen LogP contribution in [0.5, 0.6) is 0 Å². The maximum absolute atomic E-state index is 12.2. The van der Waals surface area contributed by atoms with Crippen LogP contribution in [0, 0.1) is 0 Å². The van der Waals surface area contributed by atoms with Crippen LogP contribution >= 0.6 is 0 Å². The Morgan fingerprint density at radius 2 is 1.95 bits per heavy atom. The molecule has 0 aromatic heterocycles. The number of ketones is 1. The van der Waals surface area contributed by atoms with Crippen LogP contribution in [0.2, 0.25) is 0 Å². The molecule has 1 saturated heterocycles. The van der Waals surface area contributed by atoms with E-state index in [-0.39, 0.29) is 5.78 Å². The van der Waals surface area contributed by atoms with Crippen molar-refractivity contribution < 1.29 is 14.3 Å². The minimum Gasteiger partial charge on any atom is -0.444 e. The summed E-state index contributed by atoms with van der Waals surface area (Å²) in [4.78, 5) is 25.7. The van der Waals surface area contributed by atoms with E-state index >= 15 is 0 Å². The fraction of sp³-hybridized carbons (Fsp3) is 0.500. The normalized spacial score (nSPS) is 19.2. The first-order valence-corrected chi connectivity index (χ1v) is 6.93. The number of hydrogen-bond donors (Lipinski definition) is 0. The Morgan fingerprint density at radius 1 is 1.30 bits per heavy atom. The third kappa shape index (κ3) is 3.59.